The van der Waals surface area contributed by atoms with E-state index >= 15 is 0 Å². The smallest absolute Gasteiger partial charge is 0.239 e. The second-order valence-corrected chi connectivity index (χ2v) is 3.45. The molecule has 0 spiro atoms. The number of nitrogens with one attached hydrogen (secondary N) is 2. The van der Waals surface area contributed by atoms with Crippen molar-refractivity contribution < 1.29 is 9.59 Å². The lowest BCUT2D eigenvalue weighted by molar-refractivity contribution is -0.126. The van der Waals surface area contributed by atoms with Crippen molar-refractivity contribution in [3.05, 3.63) is 0 Å². The van der Waals surface area contributed by atoms with Gasteiger partial charge in [0.25, 0.3) is 0 Å². The van der Waals surface area contributed by atoms with Crippen molar-refractivity contribution in [2.24, 2.45) is 5.73 Å². The summed E-state index contributed by atoms with van der Waals surface area (Å²) in [6.45, 7) is 3.84. The van der Waals surface area contributed by atoms with Gasteiger partial charge in [-0.15, -0.1) is 0 Å². The highest BCUT2D eigenvalue weighted by atomic mass is 16.2. The molecule has 14 heavy (non-hydrogen) atoms. The van der Waals surface area contributed by atoms with Gasteiger partial charge in [-0.1, -0.05) is 6.92 Å². The summed E-state index contributed by atoms with van der Waals surface area (Å²) in [5.74, 6) is -0.315. The molecule has 82 valence electrons. The Morgan fingerprint density at radius 3 is 2.43 bits per heavy atom. The molecule has 0 aliphatic rings. The minimum atomic E-state index is -0.845. The second-order valence-electron chi connectivity index (χ2n) is 3.45. The summed E-state index contributed by atoms with van der Waals surface area (Å²) in [5, 5.41) is 5.08. The monoisotopic (exact) mass is 201 g/mol. The van der Waals surface area contributed by atoms with Crippen molar-refractivity contribution in [3.8, 4) is 0 Å². The van der Waals surface area contributed by atoms with Crippen molar-refractivity contribution in [3.63, 3.8) is 0 Å². The van der Waals surface area contributed by atoms with E-state index in [9.17, 15) is 9.59 Å². The third kappa shape index (κ3) is 4.23. The number of carbonyl (C=O) groups is 2. The zero-order valence-electron chi connectivity index (χ0n) is 9.02. The number of amides is 2. The van der Waals surface area contributed by atoms with E-state index in [0.717, 1.165) is 0 Å². The molecule has 0 aromatic carbocycles. The van der Waals surface area contributed by atoms with E-state index < -0.39 is 5.54 Å². The van der Waals surface area contributed by atoms with Crippen molar-refractivity contribution in [2.75, 3.05) is 13.6 Å². The maximum atomic E-state index is 11.4. The average molecular weight is 201 g/mol. The molecule has 0 heterocycles. The zero-order valence-corrected chi connectivity index (χ0v) is 9.02. The van der Waals surface area contributed by atoms with Crippen LogP contribution >= 0.6 is 0 Å². The van der Waals surface area contributed by atoms with Crippen LogP contribution in [0.25, 0.3) is 0 Å². The molecule has 5 heteroatoms. The van der Waals surface area contributed by atoms with E-state index in [1.807, 2.05) is 6.92 Å². The standard InChI is InChI=1S/C9H19N3O2/c1-4-9(2,10)8(14)12-6-5-7(13)11-3/h4-6,10H2,1-3H3,(H,11,13)(H,12,14). The third-order valence-electron chi connectivity index (χ3n) is 2.17. The van der Waals surface area contributed by atoms with Gasteiger partial charge in [-0.05, 0) is 13.3 Å². The molecule has 1 atom stereocenters. The average Bonchev–Trinajstić information content (AvgIpc) is 2.17. The highest BCUT2D eigenvalue weighted by molar-refractivity contribution is 5.86. The lowest BCUT2D eigenvalue weighted by Crippen LogP contribution is -2.51. The molecule has 0 fully saturated rings. The van der Waals surface area contributed by atoms with E-state index in [4.69, 9.17) is 5.73 Å². The van der Waals surface area contributed by atoms with Crippen molar-refractivity contribution in [1.29, 1.82) is 0 Å². The van der Waals surface area contributed by atoms with Crippen LogP contribution in [-0.4, -0.2) is 30.9 Å². The fourth-order valence-electron chi connectivity index (χ4n) is 0.777. The van der Waals surface area contributed by atoms with Gasteiger partial charge in [0.05, 0.1) is 5.54 Å². The van der Waals surface area contributed by atoms with E-state index in [1.54, 1.807) is 14.0 Å². The molecule has 0 aromatic rings. The lowest BCUT2D eigenvalue weighted by atomic mass is 10.00. The first-order chi connectivity index (χ1) is 6.44. The van der Waals surface area contributed by atoms with Crippen LogP contribution in [0.1, 0.15) is 26.7 Å². The predicted octanol–water partition coefficient (Wildman–Crippen LogP) is -0.634. The molecule has 0 aliphatic carbocycles. The molecule has 0 radical (unpaired) electrons. The summed E-state index contributed by atoms with van der Waals surface area (Å²) in [4.78, 5) is 22.2. The summed E-state index contributed by atoms with van der Waals surface area (Å²) >= 11 is 0. The van der Waals surface area contributed by atoms with Gasteiger partial charge >= 0.3 is 0 Å². The molecule has 2 amide bonds. The molecular weight excluding hydrogens is 182 g/mol. The molecule has 0 bridgehead atoms. The first kappa shape index (κ1) is 12.9. The maximum absolute atomic E-state index is 11.4. The number of nitrogens with two attached hydrogens (primary N) is 1. The highest BCUT2D eigenvalue weighted by Crippen LogP contribution is 2.03. The number of rotatable bonds is 5. The Bertz CT molecular complexity index is 214. The molecule has 1 unspecified atom stereocenters. The topological polar surface area (TPSA) is 84.2 Å². The molecule has 0 saturated heterocycles. The fourth-order valence-corrected chi connectivity index (χ4v) is 0.777. The van der Waals surface area contributed by atoms with Crippen LogP contribution < -0.4 is 16.4 Å². The minimum Gasteiger partial charge on any atom is -0.359 e. The van der Waals surface area contributed by atoms with E-state index in [0.29, 0.717) is 13.0 Å². The van der Waals surface area contributed by atoms with Crippen molar-refractivity contribution >= 4 is 11.8 Å². The summed E-state index contributed by atoms with van der Waals surface area (Å²) in [5.41, 5.74) is 4.85. The van der Waals surface area contributed by atoms with E-state index in [2.05, 4.69) is 10.6 Å². The molecule has 0 aliphatic heterocycles. The van der Waals surface area contributed by atoms with Crippen molar-refractivity contribution in [2.45, 2.75) is 32.2 Å². The first-order valence-electron chi connectivity index (χ1n) is 4.71. The molecular formula is C9H19N3O2. The molecule has 0 saturated carbocycles. The molecule has 5 nitrogen and oxygen atoms in total. The van der Waals surface area contributed by atoms with Gasteiger partial charge in [0.2, 0.25) is 11.8 Å². The van der Waals surface area contributed by atoms with Gasteiger partial charge in [0.1, 0.15) is 0 Å². The summed E-state index contributed by atoms with van der Waals surface area (Å²) in [6, 6.07) is 0. The Balaban J connectivity index is 3.80. The van der Waals surface area contributed by atoms with Gasteiger partial charge in [0.15, 0.2) is 0 Å². The Morgan fingerprint density at radius 1 is 1.43 bits per heavy atom. The summed E-state index contributed by atoms with van der Waals surface area (Å²) < 4.78 is 0. The number of carbonyl (C=O) groups excluding carboxylic acids is 2. The molecule has 0 rings (SSSR count). The predicted molar refractivity (Wildman–Crippen MR) is 54.6 cm³/mol. The maximum Gasteiger partial charge on any atom is 0.239 e. The zero-order chi connectivity index (χ0) is 11.2. The van der Waals surface area contributed by atoms with Crippen LogP contribution in [0.3, 0.4) is 0 Å². The highest BCUT2D eigenvalue weighted by Gasteiger charge is 2.25. The van der Waals surface area contributed by atoms with Crippen LogP contribution in [-0.2, 0) is 9.59 Å². The SMILES string of the molecule is CCC(C)(N)C(=O)NCCC(=O)NC. The van der Waals surface area contributed by atoms with Gasteiger partial charge in [-0.2, -0.15) is 0 Å². The second kappa shape index (κ2) is 5.59. The Hall–Kier alpha value is -1.10. The van der Waals surface area contributed by atoms with Gasteiger partial charge < -0.3 is 16.4 Å². The largest absolute Gasteiger partial charge is 0.359 e. The number of hydrogen-bond acceptors (Lipinski definition) is 3. The van der Waals surface area contributed by atoms with Crippen LogP contribution in [0.15, 0.2) is 0 Å². The van der Waals surface area contributed by atoms with Crippen LogP contribution in [0.2, 0.25) is 0 Å². The van der Waals surface area contributed by atoms with E-state index in [-0.39, 0.29) is 18.2 Å². The van der Waals surface area contributed by atoms with Crippen molar-refractivity contribution in [1.82, 2.24) is 10.6 Å². The van der Waals surface area contributed by atoms with E-state index in [1.165, 1.54) is 0 Å². The van der Waals surface area contributed by atoms with Crippen LogP contribution in [0.5, 0.6) is 0 Å². The fraction of sp³-hybridized carbons (Fsp3) is 0.778. The normalized spacial score (nSPS) is 14.3. The molecule has 4 N–H and O–H groups in total. The quantitative estimate of drug-likeness (QED) is 0.553. The van der Waals surface area contributed by atoms with Crippen LogP contribution in [0, 0.1) is 0 Å². The van der Waals surface area contributed by atoms with Crippen LogP contribution in [0.4, 0.5) is 0 Å². The Labute approximate surface area is 84.4 Å². The number of hydrogen-bond donors (Lipinski definition) is 3. The first-order valence-corrected chi connectivity index (χ1v) is 4.71. The molecule has 0 aromatic heterocycles. The third-order valence-corrected chi connectivity index (χ3v) is 2.17. The van der Waals surface area contributed by atoms with Gasteiger partial charge in [-0.25, -0.2) is 0 Å². The van der Waals surface area contributed by atoms with Gasteiger partial charge in [0, 0.05) is 20.0 Å². The Kier molecular flexibility index (Phi) is 5.15. The lowest BCUT2D eigenvalue weighted by Gasteiger charge is -2.21. The Morgan fingerprint density at radius 2 is 2.00 bits per heavy atom. The summed E-state index contributed by atoms with van der Waals surface area (Å²) in [7, 11) is 1.56. The minimum absolute atomic E-state index is 0.0967. The van der Waals surface area contributed by atoms with Gasteiger partial charge in [-0.3, -0.25) is 9.59 Å². The summed E-state index contributed by atoms with van der Waals surface area (Å²) in [6.07, 6.45) is 0.848.